The number of esters is 1. The van der Waals surface area contributed by atoms with Crippen molar-refractivity contribution in [3.8, 4) is 34.5 Å². The number of aliphatic hydroxyl groups excluding tert-OH is 1. The quantitative estimate of drug-likeness (QED) is 0.0654. The number of carboxylic acids is 1. The Morgan fingerprint density at radius 3 is 1.54 bits per heavy atom. The summed E-state index contributed by atoms with van der Waals surface area (Å²) < 4.78 is 66.6. The van der Waals surface area contributed by atoms with Gasteiger partial charge in [0.05, 0.1) is 78.0 Å². The van der Waals surface area contributed by atoms with Crippen molar-refractivity contribution in [3.63, 3.8) is 0 Å². The Morgan fingerprint density at radius 1 is 0.704 bits per heavy atom. The molecule has 4 aromatic carbocycles. The number of ether oxygens (including phenoxy) is 5. The molecule has 0 aliphatic rings. The lowest BCUT2D eigenvalue weighted by Crippen LogP contribution is -2.42. The Bertz CT molecular complexity index is 3060. The number of carbonyl (C=O) groups excluding carboxylic acids is 1. The summed E-state index contributed by atoms with van der Waals surface area (Å²) in [6.07, 6.45) is 2.75. The van der Waals surface area contributed by atoms with Crippen LogP contribution < -0.4 is 29.8 Å². The number of aliphatic hydroxyl groups is 1. The summed E-state index contributed by atoms with van der Waals surface area (Å²) >= 11 is 11.7. The molecule has 0 radical (unpaired) electrons. The number of nitrogens with zero attached hydrogens (tertiary/aromatic N) is 2. The number of hydrogen-bond acceptors (Lipinski definition) is 11. The van der Waals surface area contributed by atoms with Crippen LogP contribution >= 0.6 is 23.2 Å². The number of aromatic carboxylic acids is 1. The summed E-state index contributed by atoms with van der Waals surface area (Å²) in [6, 6.07) is 13.8. The minimum absolute atomic E-state index is 0.00129. The fourth-order valence-electron chi connectivity index (χ4n) is 7.33. The topological polar surface area (TPSA) is 174 Å². The monoisotopic (exact) mass is 1040 g/mol. The van der Waals surface area contributed by atoms with Crippen molar-refractivity contribution in [2.75, 3.05) is 34.0 Å². The molecule has 0 saturated carbocycles. The van der Waals surface area contributed by atoms with Crippen molar-refractivity contribution in [1.82, 2.24) is 9.13 Å². The average molecular weight is 1040 g/mol. The van der Waals surface area contributed by atoms with Crippen LogP contribution in [0.1, 0.15) is 88.2 Å². The van der Waals surface area contributed by atoms with E-state index in [1.807, 2.05) is 18.4 Å². The van der Waals surface area contributed by atoms with Crippen LogP contribution in [0.4, 0.5) is 8.78 Å². The molecule has 2 atom stereocenters. The van der Waals surface area contributed by atoms with Crippen LogP contribution in [0.5, 0.6) is 34.5 Å². The second kappa shape index (κ2) is 23.1. The Morgan fingerprint density at radius 2 is 1.14 bits per heavy atom. The van der Waals surface area contributed by atoms with Crippen molar-refractivity contribution in [2.45, 2.75) is 85.6 Å². The molecule has 19 heteroatoms. The number of benzene rings is 4. The van der Waals surface area contributed by atoms with Gasteiger partial charge in [0.2, 0.25) is 10.9 Å². The number of carboxylic acid groups (broad SMARTS) is 1. The molecule has 0 saturated heterocycles. The van der Waals surface area contributed by atoms with Gasteiger partial charge in [-0.1, -0.05) is 83.8 Å². The summed E-state index contributed by atoms with van der Waals surface area (Å²) in [6.45, 7) is 20.6. The first kappa shape index (κ1) is 55.9. The largest absolute Gasteiger partial charge is 0.493 e. The SMILES string of the molecule is CCOC(=O)c1cn([C@H](CO[Si](C)(C)C(C)(C)C)C(C)C)c2cc(OC)c(Oc3cccc(Cl)c3F)cc2c1=O.COc1cc2c(cc1Oc1cccc(Cl)c1F)c(=O)c(C(=O)O)cn2[C@H](CO)C(C)C. The van der Waals surface area contributed by atoms with Crippen LogP contribution in [0.2, 0.25) is 28.2 Å². The number of halogens is 4. The Hall–Kier alpha value is -5.98. The van der Waals surface area contributed by atoms with Crippen LogP contribution in [0.25, 0.3) is 21.8 Å². The Kier molecular flexibility index (Phi) is 18.2. The van der Waals surface area contributed by atoms with Crippen molar-refractivity contribution in [1.29, 1.82) is 0 Å². The molecule has 2 aromatic heterocycles. The highest BCUT2D eigenvalue weighted by Crippen LogP contribution is 2.41. The molecule has 0 spiro atoms. The Labute approximate surface area is 421 Å². The number of methoxy groups -OCH3 is 2. The molecule has 71 heavy (non-hydrogen) atoms. The van der Waals surface area contributed by atoms with Crippen molar-refractivity contribution in [2.24, 2.45) is 11.8 Å². The molecule has 6 rings (SSSR count). The van der Waals surface area contributed by atoms with Gasteiger partial charge in [0.15, 0.2) is 54.4 Å². The number of carbonyl (C=O) groups is 2. The highest BCUT2D eigenvalue weighted by Gasteiger charge is 2.38. The third kappa shape index (κ3) is 12.2. The zero-order valence-corrected chi connectivity index (χ0v) is 44.3. The lowest BCUT2D eigenvalue weighted by Gasteiger charge is -2.38. The fraction of sp³-hybridized carbons (Fsp3) is 0.385. The van der Waals surface area contributed by atoms with Crippen LogP contribution in [-0.4, -0.2) is 73.6 Å². The number of hydrogen-bond donors (Lipinski definition) is 2. The maximum atomic E-state index is 14.7. The summed E-state index contributed by atoms with van der Waals surface area (Å²) in [5.41, 5.74) is -0.978. The predicted molar refractivity (Wildman–Crippen MR) is 273 cm³/mol. The molecule has 382 valence electrons. The van der Waals surface area contributed by atoms with Crippen molar-refractivity contribution in [3.05, 3.63) is 126 Å². The third-order valence-corrected chi connectivity index (χ3v) is 17.6. The molecular weight excluding hydrogens is 982 g/mol. The van der Waals surface area contributed by atoms with Crippen LogP contribution in [0, 0.1) is 23.5 Å². The summed E-state index contributed by atoms with van der Waals surface area (Å²) in [5, 5.41) is 19.4. The molecule has 0 aliphatic carbocycles. The smallest absolute Gasteiger partial charge is 0.343 e. The molecule has 0 bridgehead atoms. The van der Waals surface area contributed by atoms with Gasteiger partial charge in [-0.3, -0.25) is 9.59 Å². The molecule has 14 nitrogen and oxygen atoms in total. The number of fused-ring (bicyclic) bond motifs is 2. The molecule has 0 fully saturated rings. The Balaban J connectivity index is 0.000000272. The number of aromatic nitrogens is 2. The zero-order valence-electron chi connectivity index (χ0n) is 41.7. The second-order valence-electron chi connectivity index (χ2n) is 18.8. The van der Waals surface area contributed by atoms with Gasteiger partial charge in [0.25, 0.3) is 0 Å². The summed E-state index contributed by atoms with van der Waals surface area (Å²) in [5.74, 6) is -3.41. The van der Waals surface area contributed by atoms with E-state index in [1.165, 1.54) is 73.5 Å². The molecule has 6 aromatic rings. The lowest BCUT2D eigenvalue weighted by atomic mass is 10.0. The molecule has 0 amide bonds. The third-order valence-electron chi connectivity index (χ3n) is 12.5. The van der Waals surface area contributed by atoms with Gasteiger partial charge < -0.3 is 47.5 Å². The van der Waals surface area contributed by atoms with Gasteiger partial charge in [-0.05, 0) is 73.3 Å². The van der Waals surface area contributed by atoms with E-state index < -0.39 is 54.4 Å². The van der Waals surface area contributed by atoms with E-state index in [9.17, 15) is 38.2 Å². The van der Waals surface area contributed by atoms with Gasteiger partial charge in [0.1, 0.15) is 11.1 Å². The van der Waals surface area contributed by atoms with Gasteiger partial charge in [-0.2, -0.15) is 0 Å². The minimum atomic E-state index is -2.11. The first-order valence-corrected chi connectivity index (χ1v) is 26.4. The fourth-order valence-corrected chi connectivity index (χ4v) is 8.69. The highest BCUT2D eigenvalue weighted by atomic mass is 35.5. The first-order chi connectivity index (χ1) is 33.3. The van der Waals surface area contributed by atoms with Crippen LogP contribution in [0.15, 0.2) is 82.6 Å². The van der Waals surface area contributed by atoms with E-state index in [0.29, 0.717) is 17.6 Å². The molecule has 0 aliphatic heterocycles. The molecular formula is C52H60Cl2F2N2O12Si. The highest BCUT2D eigenvalue weighted by molar-refractivity contribution is 6.74. The standard InChI is InChI=1S/C30H39ClFNO6Si.C22H21ClFNO6/c1-10-37-29(35)20-16-33(23(18(2)3)17-38-40(8,9)30(4,5)6)22-15-25(36-7)26(14-19(22)28(20)34)39-24-13-11-12-21(31)27(24)32;1-11(2)16(10-26)25-9-13(22(28)29)21(27)12-7-19(18(30-3)8-15(12)25)31-17-6-4-5-14(23)20(17)24/h11-16,18,23H,10,17H2,1-9H3;4-9,11,16,26H,10H2,1-3H3,(H,28,29)/t23-;16-/m11/s1. The van der Waals surface area contributed by atoms with E-state index in [-0.39, 0.29) is 97.0 Å². The first-order valence-electron chi connectivity index (χ1n) is 22.7. The van der Waals surface area contributed by atoms with E-state index in [1.54, 1.807) is 25.3 Å². The van der Waals surface area contributed by atoms with E-state index in [4.69, 9.17) is 51.3 Å². The second-order valence-corrected chi connectivity index (χ2v) is 24.4. The predicted octanol–water partition coefficient (Wildman–Crippen LogP) is 12.5. The summed E-state index contributed by atoms with van der Waals surface area (Å²) in [4.78, 5) is 51.1. The summed E-state index contributed by atoms with van der Waals surface area (Å²) in [7, 11) is 0.723. The van der Waals surface area contributed by atoms with E-state index in [2.05, 4.69) is 47.7 Å². The molecule has 2 N–H and O–H groups in total. The normalized spacial score (nSPS) is 12.7. The van der Waals surface area contributed by atoms with Gasteiger partial charge in [-0.15, -0.1) is 0 Å². The lowest BCUT2D eigenvalue weighted by molar-refractivity contribution is 0.0522. The van der Waals surface area contributed by atoms with E-state index in [0.717, 1.165) is 0 Å². The van der Waals surface area contributed by atoms with Gasteiger partial charge in [-0.25, -0.2) is 18.4 Å². The number of pyridine rings is 2. The number of rotatable bonds is 17. The minimum Gasteiger partial charge on any atom is -0.493 e. The molecule has 2 heterocycles. The van der Waals surface area contributed by atoms with E-state index >= 15 is 0 Å². The van der Waals surface area contributed by atoms with Gasteiger partial charge in [0, 0.05) is 24.5 Å². The molecule has 0 unspecified atom stereocenters. The van der Waals surface area contributed by atoms with Crippen LogP contribution in [0.3, 0.4) is 0 Å². The van der Waals surface area contributed by atoms with Crippen molar-refractivity contribution >= 4 is 65.3 Å². The van der Waals surface area contributed by atoms with Gasteiger partial charge >= 0.3 is 11.9 Å². The average Bonchev–Trinajstić information content (AvgIpc) is 3.30. The maximum Gasteiger partial charge on any atom is 0.343 e. The maximum absolute atomic E-state index is 14.7. The van der Waals surface area contributed by atoms with Crippen LogP contribution in [-0.2, 0) is 9.16 Å². The zero-order chi connectivity index (χ0) is 52.9. The van der Waals surface area contributed by atoms with Crippen molar-refractivity contribution < 1.29 is 56.7 Å².